The fourth-order valence-corrected chi connectivity index (χ4v) is 4.75. The molecule has 2 heterocycles. The summed E-state index contributed by atoms with van der Waals surface area (Å²) in [7, 11) is 0. The van der Waals surface area contributed by atoms with E-state index in [0.29, 0.717) is 28.1 Å². The van der Waals surface area contributed by atoms with Gasteiger partial charge in [0.25, 0.3) is 0 Å². The zero-order valence-corrected chi connectivity index (χ0v) is 18.4. The lowest BCUT2D eigenvalue weighted by Gasteiger charge is -2.30. The van der Waals surface area contributed by atoms with Crippen molar-refractivity contribution in [3.8, 4) is 0 Å². The topological polar surface area (TPSA) is 129 Å². The second kappa shape index (κ2) is 8.78. The maximum Gasteiger partial charge on any atom is 0.191 e. The van der Waals surface area contributed by atoms with Gasteiger partial charge in [0.2, 0.25) is 0 Å². The highest BCUT2D eigenvalue weighted by Crippen LogP contribution is 2.43. The summed E-state index contributed by atoms with van der Waals surface area (Å²) in [5.41, 5.74) is 2.30. The van der Waals surface area contributed by atoms with Crippen LogP contribution in [0, 0.1) is 0 Å². The fourth-order valence-electron chi connectivity index (χ4n) is 4.05. The molecule has 9 nitrogen and oxygen atoms in total. The molecule has 6 atom stereocenters. The highest BCUT2D eigenvalue weighted by Gasteiger charge is 2.40. The molecule has 4 N–H and O–H groups in total. The molecule has 32 heavy (non-hydrogen) atoms. The minimum Gasteiger partial charge on any atom is -0.388 e. The molecule has 0 unspecified atom stereocenters. The Bertz CT molecular complexity index is 1120. The number of fused-ring (bicyclic) bond motifs is 1. The number of aliphatic hydroxyl groups is 3. The van der Waals surface area contributed by atoms with Gasteiger partial charge in [-0.05, 0) is 18.4 Å². The number of nitrogens with zero attached hydrogens (tertiary/aromatic N) is 5. The van der Waals surface area contributed by atoms with Gasteiger partial charge in [0, 0.05) is 17.7 Å². The normalized spacial score (nSPS) is 29.4. The molecular formula is C22H26N6O3S. The first-order chi connectivity index (χ1) is 15.6. The summed E-state index contributed by atoms with van der Waals surface area (Å²) < 4.78 is 1.50. The second-order valence-corrected chi connectivity index (χ2v) is 9.32. The standard InChI is InChI=1S/C22H26N6O3S/c1-2-10-32-22-24-20(23-14-11-13(14)12-6-4-3-5-7-12)17-21(25-22)28(27-26-17)15-8-9-16(29)19(31)18(15)30/h3-9,13-16,18-19,29-31H,2,10-11H2,1H3,(H,23,24,25)/t13-,14+,15+,16-,18-,19+/m0/s1. The van der Waals surface area contributed by atoms with Gasteiger partial charge >= 0.3 is 0 Å². The van der Waals surface area contributed by atoms with Crippen molar-refractivity contribution in [1.82, 2.24) is 25.0 Å². The minimum absolute atomic E-state index is 0.252. The van der Waals surface area contributed by atoms with Gasteiger partial charge in [0.05, 0.1) is 0 Å². The summed E-state index contributed by atoms with van der Waals surface area (Å²) in [6.45, 7) is 2.10. The lowest BCUT2D eigenvalue weighted by Crippen LogP contribution is -2.44. The van der Waals surface area contributed by atoms with Gasteiger partial charge in [-0.25, -0.2) is 14.6 Å². The number of rotatable bonds is 7. The van der Waals surface area contributed by atoms with E-state index in [9.17, 15) is 15.3 Å². The van der Waals surface area contributed by atoms with Crippen LogP contribution in [-0.2, 0) is 0 Å². The Balaban J connectivity index is 1.48. The Labute approximate surface area is 189 Å². The predicted molar refractivity (Wildman–Crippen MR) is 122 cm³/mol. The number of hydrogen-bond acceptors (Lipinski definition) is 9. The Morgan fingerprint density at radius 1 is 1.09 bits per heavy atom. The maximum absolute atomic E-state index is 10.5. The molecule has 1 fully saturated rings. The smallest absolute Gasteiger partial charge is 0.191 e. The third-order valence-corrected chi connectivity index (χ3v) is 6.97. The number of thioether (sulfide) groups is 1. The van der Waals surface area contributed by atoms with Crippen molar-refractivity contribution in [2.45, 2.75) is 61.2 Å². The summed E-state index contributed by atoms with van der Waals surface area (Å²) >= 11 is 1.55. The van der Waals surface area contributed by atoms with Gasteiger partial charge in [-0.15, -0.1) is 5.10 Å². The molecule has 2 aliphatic rings. The molecule has 2 aliphatic carbocycles. The van der Waals surface area contributed by atoms with Crippen molar-refractivity contribution in [3.05, 3.63) is 48.0 Å². The van der Waals surface area contributed by atoms with Crippen molar-refractivity contribution in [2.75, 3.05) is 11.1 Å². The summed E-state index contributed by atoms with van der Waals surface area (Å²) in [6.07, 6.45) is 1.41. The molecule has 2 aromatic heterocycles. The largest absolute Gasteiger partial charge is 0.388 e. The van der Waals surface area contributed by atoms with Crippen LogP contribution in [0.15, 0.2) is 47.6 Å². The predicted octanol–water partition coefficient (Wildman–Crippen LogP) is 1.88. The minimum atomic E-state index is -1.31. The zero-order chi connectivity index (χ0) is 22.2. The first kappa shape index (κ1) is 21.3. The third-order valence-electron chi connectivity index (χ3n) is 5.92. The SMILES string of the molecule is CCCSc1nc(N[C@@H]2C[C@H]2c2ccccc2)c2nnn([C@@H]3C=C[C@H](O)[C@@H](O)[C@H]3O)c2n1. The van der Waals surface area contributed by atoms with Gasteiger partial charge in [-0.2, -0.15) is 0 Å². The number of anilines is 1. The van der Waals surface area contributed by atoms with E-state index in [1.807, 2.05) is 18.2 Å². The van der Waals surface area contributed by atoms with E-state index in [1.54, 1.807) is 17.8 Å². The molecule has 0 spiro atoms. The molecule has 0 amide bonds. The van der Waals surface area contributed by atoms with E-state index in [1.165, 1.54) is 16.3 Å². The molecule has 168 valence electrons. The highest BCUT2D eigenvalue weighted by molar-refractivity contribution is 7.99. The molecule has 0 radical (unpaired) electrons. The molecule has 10 heteroatoms. The molecule has 5 rings (SSSR count). The quantitative estimate of drug-likeness (QED) is 0.240. The van der Waals surface area contributed by atoms with Crippen molar-refractivity contribution in [2.24, 2.45) is 0 Å². The van der Waals surface area contributed by atoms with Crippen LogP contribution >= 0.6 is 11.8 Å². The van der Waals surface area contributed by atoms with Crippen LogP contribution in [0.25, 0.3) is 11.2 Å². The molecule has 0 bridgehead atoms. The van der Waals surface area contributed by atoms with Gasteiger partial charge in [-0.1, -0.05) is 66.4 Å². The van der Waals surface area contributed by atoms with E-state index in [-0.39, 0.29) is 6.04 Å². The Hall–Kier alpha value is -2.53. The second-order valence-electron chi connectivity index (χ2n) is 8.26. The number of aliphatic hydroxyl groups excluding tert-OH is 3. The average molecular weight is 455 g/mol. The Morgan fingerprint density at radius 3 is 2.69 bits per heavy atom. The van der Waals surface area contributed by atoms with E-state index in [2.05, 4.69) is 39.7 Å². The van der Waals surface area contributed by atoms with Crippen LogP contribution in [0.1, 0.15) is 37.3 Å². The molecule has 1 aromatic carbocycles. The van der Waals surface area contributed by atoms with Gasteiger partial charge in [0.15, 0.2) is 22.1 Å². The van der Waals surface area contributed by atoms with Crippen LogP contribution in [-0.4, -0.2) is 70.4 Å². The molecule has 0 saturated heterocycles. The van der Waals surface area contributed by atoms with E-state index < -0.39 is 24.4 Å². The molecule has 1 saturated carbocycles. The van der Waals surface area contributed by atoms with Crippen molar-refractivity contribution in [3.63, 3.8) is 0 Å². The molecule has 0 aliphatic heterocycles. The van der Waals surface area contributed by atoms with Crippen LogP contribution in [0.2, 0.25) is 0 Å². The summed E-state index contributed by atoms with van der Waals surface area (Å²) in [6, 6.07) is 9.95. The van der Waals surface area contributed by atoms with Crippen molar-refractivity contribution >= 4 is 28.7 Å². The van der Waals surface area contributed by atoms with E-state index in [0.717, 1.165) is 18.6 Å². The Morgan fingerprint density at radius 2 is 1.91 bits per heavy atom. The summed E-state index contributed by atoms with van der Waals surface area (Å²) in [4.78, 5) is 9.36. The van der Waals surface area contributed by atoms with Gasteiger partial charge in [-0.3, -0.25) is 0 Å². The number of benzene rings is 1. The summed E-state index contributed by atoms with van der Waals surface area (Å²) in [5.74, 6) is 1.92. The lowest BCUT2D eigenvalue weighted by molar-refractivity contribution is -0.0636. The van der Waals surface area contributed by atoms with Crippen LogP contribution in [0.3, 0.4) is 0 Å². The number of aromatic nitrogens is 5. The average Bonchev–Trinajstić information content (AvgIpc) is 3.45. The highest BCUT2D eigenvalue weighted by atomic mass is 32.2. The first-order valence-corrected chi connectivity index (χ1v) is 11.8. The number of nitrogens with one attached hydrogen (secondary N) is 1. The summed E-state index contributed by atoms with van der Waals surface area (Å²) in [5, 5.41) is 43.1. The molecule has 3 aromatic rings. The fraction of sp³-hybridized carbons (Fsp3) is 0.455. The van der Waals surface area contributed by atoms with Crippen LogP contribution < -0.4 is 5.32 Å². The monoisotopic (exact) mass is 454 g/mol. The third kappa shape index (κ3) is 3.99. The van der Waals surface area contributed by atoms with Crippen molar-refractivity contribution in [1.29, 1.82) is 0 Å². The number of hydrogen-bond donors (Lipinski definition) is 4. The van der Waals surface area contributed by atoms with Crippen LogP contribution in [0.4, 0.5) is 5.82 Å². The lowest BCUT2D eigenvalue weighted by atomic mass is 9.94. The first-order valence-electron chi connectivity index (χ1n) is 10.9. The van der Waals surface area contributed by atoms with E-state index >= 15 is 0 Å². The van der Waals surface area contributed by atoms with Gasteiger partial charge < -0.3 is 20.6 Å². The zero-order valence-electron chi connectivity index (χ0n) is 17.6. The Kier molecular flexibility index (Phi) is 5.85. The van der Waals surface area contributed by atoms with Crippen molar-refractivity contribution < 1.29 is 15.3 Å². The maximum atomic E-state index is 10.5. The molecular weight excluding hydrogens is 428 g/mol. The van der Waals surface area contributed by atoms with E-state index in [4.69, 9.17) is 4.98 Å². The van der Waals surface area contributed by atoms with Gasteiger partial charge in [0.1, 0.15) is 24.4 Å². The van der Waals surface area contributed by atoms with Crippen LogP contribution in [0.5, 0.6) is 0 Å².